The first-order valence-electron chi connectivity index (χ1n) is 6.58. The molecule has 0 spiro atoms. The van der Waals surface area contributed by atoms with Gasteiger partial charge in [0.1, 0.15) is 0 Å². The fourth-order valence-electron chi connectivity index (χ4n) is 1.87. The molecule has 0 aliphatic carbocycles. The van der Waals surface area contributed by atoms with Crippen molar-refractivity contribution in [3.8, 4) is 5.69 Å². The summed E-state index contributed by atoms with van der Waals surface area (Å²) in [5.41, 5.74) is 1.87. The minimum Gasteiger partial charge on any atom is -0.481 e. The van der Waals surface area contributed by atoms with Crippen LogP contribution in [0.4, 0.5) is 0 Å². The molecule has 1 aromatic carbocycles. The quantitative estimate of drug-likeness (QED) is 0.827. The van der Waals surface area contributed by atoms with E-state index in [4.69, 9.17) is 5.11 Å². The van der Waals surface area contributed by atoms with Gasteiger partial charge in [-0.15, -0.1) is 0 Å². The number of aliphatic carboxylic acids is 1. The second-order valence-electron chi connectivity index (χ2n) is 4.80. The zero-order chi connectivity index (χ0) is 15.2. The average molecular weight is 284 g/mol. The number of benzene rings is 1. The van der Waals surface area contributed by atoms with Gasteiger partial charge in [-0.3, -0.25) is 9.59 Å². The van der Waals surface area contributed by atoms with E-state index in [2.05, 4.69) is 4.98 Å². The molecule has 0 amide bonds. The number of rotatable bonds is 6. The lowest BCUT2D eigenvalue weighted by molar-refractivity contribution is -0.139. The molecule has 0 fully saturated rings. The first-order chi connectivity index (χ1) is 10.1. The highest BCUT2D eigenvalue weighted by atomic mass is 16.4. The van der Waals surface area contributed by atoms with Crippen LogP contribution in [0.5, 0.6) is 0 Å². The fraction of sp³-hybridized carbons (Fsp3) is 0.188. The van der Waals surface area contributed by atoms with Crippen molar-refractivity contribution >= 4 is 17.8 Å². The molecule has 0 aliphatic rings. The van der Waals surface area contributed by atoms with Crippen LogP contribution in [0.25, 0.3) is 11.8 Å². The lowest BCUT2D eigenvalue weighted by atomic mass is 10.0. The maximum atomic E-state index is 11.7. The van der Waals surface area contributed by atoms with Gasteiger partial charge in [0.05, 0.1) is 12.7 Å². The number of hydrogen-bond donors (Lipinski definition) is 1. The van der Waals surface area contributed by atoms with E-state index in [9.17, 15) is 9.59 Å². The predicted molar refractivity (Wildman–Crippen MR) is 79.0 cm³/mol. The monoisotopic (exact) mass is 284 g/mol. The van der Waals surface area contributed by atoms with Crippen LogP contribution in [0, 0.1) is 5.92 Å². The summed E-state index contributed by atoms with van der Waals surface area (Å²) < 4.78 is 1.88. The fourth-order valence-corrected chi connectivity index (χ4v) is 1.87. The number of carbonyl (C=O) groups is 2. The summed E-state index contributed by atoms with van der Waals surface area (Å²) >= 11 is 0. The van der Waals surface area contributed by atoms with Crippen LogP contribution in [0.2, 0.25) is 0 Å². The van der Waals surface area contributed by atoms with E-state index in [0.29, 0.717) is 0 Å². The molecule has 1 atom stereocenters. The molecule has 0 bridgehead atoms. The van der Waals surface area contributed by atoms with E-state index < -0.39 is 11.9 Å². The molecular formula is C16H16N2O3. The summed E-state index contributed by atoms with van der Waals surface area (Å²) in [6.07, 6.45) is 8.24. The van der Waals surface area contributed by atoms with Gasteiger partial charge in [0, 0.05) is 24.0 Å². The summed E-state index contributed by atoms with van der Waals surface area (Å²) in [6, 6.07) is 7.63. The van der Waals surface area contributed by atoms with Gasteiger partial charge in [0.25, 0.3) is 0 Å². The van der Waals surface area contributed by atoms with Crippen molar-refractivity contribution in [3.63, 3.8) is 0 Å². The molecule has 2 rings (SSSR count). The second kappa shape index (κ2) is 6.65. The first kappa shape index (κ1) is 14.7. The minimum atomic E-state index is -0.964. The van der Waals surface area contributed by atoms with Crippen molar-refractivity contribution in [3.05, 3.63) is 54.6 Å². The molecule has 1 aromatic heterocycles. The Hall–Kier alpha value is -2.69. The number of carboxylic acid groups (broad SMARTS) is 1. The summed E-state index contributed by atoms with van der Waals surface area (Å²) in [5.74, 6) is -1.66. The summed E-state index contributed by atoms with van der Waals surface area (Å²) in [6.45, 7) is 1.61. The molecule has 1 N–H and O–H groups in total. The predicted octanol–water partition coefficient (Wildman–Crippen LogP) is 2.57. The van der Waals surface area contributed by atoms with Gasteiger partial charge in [-0.1, -0.05) is 25.1 Å². The third-order valence-corrected chi connectivity index (χ3v) is 3.10. The molecule has 1 heterocycles. The molecule has 0 radical (unpaired) electrons. The largest absolute Gasteiger partial charge is 0.481 e. The Balaban J connectivity index is 2.01. The van der Waals surface area contributed by atoms with Crippen molar-refractivity contribution in [1.82, 2.24) is 9.55 Å². The Bertz CT molecular complexity index is 643. The van der Waals surface area contributed by atoms with E-state index in [1.807, 2.05) is 35.0 Å². The summed E-state index contributed by atoms with van der Waals surface area (Å²) in [5, 5.41) is 8.66. The number of carboxylic acids is 1. The van der Waals surface area contributed by atoms with Crippen molar-refractivity contribution in [1.29, 1.82) is 0 Å². The summed E-state index contributed by atoms with van der Waals surface area (Å²) in [4.78, 5) is 26.3. The van der Waals surface area contributed by atoms with Gasteiger partial charge in [0.15, 0.2) is 5.78 Å². The highest BCUT2D eigenvalue weighted by Crippen LogP contribution is 2.11. The minimum absolute atomic E-state index is 0.150. The maximum Gasteiger partial charge on any atom is 0.304 e. The SMILES string of the molecule is CC(CC(=O)O)C(=O)/C=C/c1ccc(-n2ccnc2)cc1. The number of ketones is 1. The van der Waals surface area contributed by atoms with Crippen LogP contribution in [-0.2, 0) is 9.59 Å². The molecule has 5 nitrogen and oxygen atoms in total. The lowest BCUT2D eigenvalue weighted by Crippen LogP contribution is -2.12. The number of hydrogen-bond acceptors (Lipinski definition) is 3. The number of carbonyl (C=O) groups excluding carboxylic acids is 1. The Labute approximate surface area is 122 Å². The van der Waals surface area contributed by atoms with Gasteiger partial charge in [-0.25, -0.2) is 4.98 Å². The Morgan fingerprint density at radius 3 is 2.62 bits per heavy atom. The van der Waals surface area contributed by atoms with Gasteiger partial charge in [-0.2, -0.15) is 0 Å². The van der Waals surface area contributed by atoms with E-state index in [1.165, 1.54) is 6.08 Å². The van der Waals surface area contributed by atoms with Gasteiger partial charge in [-0.05, 0) is 23.8 Å². The van der Waals surface area contributed by atoms with E-state index >= 15 is 0 Å². The normalized spacial score (nSPS) is 12.4. The zero-order valence-electron chi connectivity index (χ0n) is 11.6. The van der Waals surface area contributed by atoms with Gasteiger partial charge < -0.3 is 9.67 Å². The number of allylic oxidation sites excluding steroid dienone is 1. The van der Waals surface area contributed by atoms with Gasteiger partial charge in [0.2, 0.25) is 0 Å². The maximum absolute atomic E-state index is 11.7. The number of imidazole rings is 1. The molecule has 1 unspecified atom stereocenters. The zero-order valence-corrected chi connectivity index (χ0v) is 11.6. The highest BCUT2D eigenvalue weighted by molar-refractivity contribution is 5.96. The molecule has 21 heavy (non-hydrogen) atoms. The van der Waals surface area contributed by atoms with E-state index in [1.54, 1.807) is 25.5 Å². The van der Waals surface area contributed by atoms with Crippen molar-refractivity contribution < 1.29 is 14.7 Å². The molecular weight excluding hydrogens is 268 g/mol. The van der Waals surface area contributed by atoms with Gasteiger partial charge >= 0.3 is 5.97 Å². The number of nitrogens with zero attached hydrogens (tertiary/aromatic N) is 2. The van der Waals surface area contributed by atoms with E-state index in [-0.39, 0.29) is 12.2 Å². The first-order valence-corrected chi connectivity index (χ1v) is 6.58. The topological polar surface area (TPSA) is 72.2 Å². The molecule has 2 aromatic rings. The van der Waals surface area contributed by atoms with Crippen molar-refractivity contribution in [2.75, 3.05) is 0 Å². The molecule has 0 saturated heterocycles. The van der Waals surface area contributed by atoms with Crippen LogP contribution in [0.3, 0.4) is 0 Å². The Kier molecular flexibility index (Phi) is 4.66. The van der Waals surface area contributed by atoms with Crippen molar-refractivity contribution in [2.24, 2.45) is 5.92 Å². The van der Waals surface area contributed by atoms with Crippen LogP contribution in [0.1, 0.15) is 18.9 Å². The van der Waals surface area contributed by atoms with E-state index in [0.717, 1.165) is 11.3 Å². The molecule has 0 aliphatic heterocycles. The molecule has 5 heteroatoms. The third kappa shape index (κ3) is 4.14. The Morgan fingerprint density at radius 2 is 2.05 bits per heavy atom. The summed E-state index contributed by atoms with van der Waals surface area (Å²) in [7, 11) is 0. The second-order valence-corrected chi connectivity index (χ2v) is 4.80. The smallest absolute Gasteiger partial charge is 0.304 e. The standard InChI is InChI=1S/C16H16N2O3/c1-12(10-16(20)21)15(19)7-4-13-2-5-14(6-3-13)18-9-8-17-11-18/h2-9,11-12H,10H2,1H3,(H,20,21)/b7-4+. The van der Waals surface area contributed by atoms with Crippen LogP contribution < -0.4 is 0 Å². The Morgan fingerprint density at radius 1 is 1.33 bits per heavy atom. The molecule has 108 valence electrons. The van der Waals surface area contributed by atoms with Crippen molar-refractivity contribution in [2.45, 2.75) is 13.3 Å². The van der Waals surface area contributed by atoms with Crippen LogP contribution in [-0.4, -0.2) is 26.4 Å². The molecule has 0 saturated carbocycles. The number of aromatic nitrogens is 2. The van der Waals surface area contributed by atoms with Crippen LogP contribution in [0.15, 0.2) is 49.1 Å². The van der Waals surface area contributed by atoms with Crippen LogP contribution >= 0.6 is 0 Å². The highest BCUT2D eigenvalue weighted by Gasteiger charge is 2.13. The lowest BCUT2D eigenvalue weighted by Gasteiger charge is -2.04. The third-order valence-electron chi connectivity index (χ3n) is 3.10. The average Bonchev–Trinajstić information content (AvgIpc) is 2.98.